The second-order valence-corrected chi connectivity index (χ2v) is 3.96. The molecular weight excluding hydrogens is 220 g/mol. The number of nitrogens with zero attached hydrogens (tertiary/aromatic N) is 1. The van der Waals surface area contributed by atoms with Crippen LogP contribution in [0.1, 0.15) is 19.4 Å². The van der Waals surface area contributed by atoms with Gasteiger partial charge in [-0.05, 0) is 32.9 Å². The number of ether oxygens (including phenoxy) is 1. The third-order valence-electron chi connectivity index (χ3n) is 2.38. The standard InChI is InChI=1S/C12H18N2O3/c1-4-17-8-10(3)13-11-5-6-12(14(15)16)9(2)7-11/h5-7,10,13H,4,8H2,1-3H3. The first-order valence-electron chi connectivity index (χ1n) is 5.64. The zero-order chi connectivity index (χ0) is 12.8. The fourth-order valence-corrected chi connectivity index (χ4v) is 1.57. The molecule has 1 atom stereocenters. The molecule has 5 nitrogen and oxygen atoms in total. The Balaban J connectivity index is 2.67. The molecule has 0 heterocycles. The van der Waals surface area contributed by atoms with Gasteiger partial charge in [0.2, 0.25) is 0 Å². The minimum absolute atomic E-state index is 0.146. The molecule has 0 spiro atoms. The van der Waals surface area contributed by atoms with Crippen LogP contribution in [0.3, 0.4) is 0 Å². The van der Waals surface area contributed by atoms with Crippen LogP contribution >= 0.6 is 0 Å². The Kier molecular flexibility index (Phi) is 4.90. The number of aryl methyl sites for hydroxylation is 1. The van der Waals surface area contributed by atoms with Crippen LogP contribution in [0.25, 0.3) is 0 Å². The van der Waals surface area contributed by atoms with Crippen molar-refractivity contribution in [2.24, 2.45) is 0 Å². The lowest BCUT2D eigenvalue weighted by atomic mass is 10.1. The Morgan fingerprint density at radius 3 is 2.76 bits per heavy atom. The lowest BCUT2D eigenvalue weighted by Crippen LogP contribution is -2.21. The van der Waals surface area contributed by atoms with E-state index in [-0.39, 0.29) is 16.7 Å². The normalized spacial score (nSPS) is 12.2. The van der Waals surface area contributed by atoms with E-state index in [0.717, 1.165) is 5.69 Å². The minimum Gasteiger partial charge on any atom is -0.380 e. The number of rotatable bonds is 6. The Morgan fingerprint density at radius 1 is 1.53 bits per heavy atom. The average molecular weight is 238 g/mol. The molecule has 1 N–H and O–H groups in total. The second-order valence-electron chi connectivity index (χ2n) is 3.96. The molecule has 0 fully saturated rings. The fourth-order valence-electron chi connectivity index (χ4n) is 1.57. The van der Waals surface area contributed by atoms with Crippen LogP contribution in [0.2, 0.25) is 0 Å². The van der Waals surface area contributed by atoms with Crippen molar-refractivity contribution in [3.63, 3.8) is 0 Å². The van der Waals surface area contributed by atoms with E-state index >= 15 is 0 Å². The number of hydrogen-bond acceptors (Lipinski definition) is 4. The lowest BCUT2D eigenvalue weighted by Gasteiger charge is -2.15. The maximum atomic E-state index is 10.7. The van der Waals surface area contributed by atoms with Gasteiger partial charge < -0.3 is 10.1 Å². The minimum atomic E-state index is -0.372. The molecule has 17 heavy (non-hydrogen) atoms. The van der Waals surface area contributed by atoms with Gasteiger partial charge in [0.05, 0.1) is 11.5 Å². The number of nitrogens with one attached hydrogen (secondary N) is 1. The van der Waals surface area contributed by atoms with Gasteiger partial charge in [-0.3, -0.25) is 10.1 Å². The second kappa shape index (κ2) is 6.20. The van der Waals surface area contributed by atoms with Gasteiger partial charge in [-0.1, -0.05) is 0 Å². The zero-order valence-electron chi connectivity index (χ0n) is 10.4. The summed E-state index contributed by atoms with van der Waals surface area (Å²) >= 11 is 0. The number of nitro benzene ring substituents is 1. The molecule has 1 unspecified atom stereocenters. The third kappa shape index (κ3) is 4.03. The van der Waals surface area contributed by atoms with Crippen molar-refractivity contribution in [3.8, 4) is 0 Å². The van der Waals surface area contributed by atoms with Crippen LogP contribution in [0.15, 0.2) is 18.2 Å². The third-order valence-corrected chi connectivity index (χ3v) is 2.38. The summed E-state index contributed by atoms with van der Waals surface area (Å²) in [5, 5.41) is 13.9. The first-order chi connectivity index (χ1) is 8.04. The SMILES string of the molecule is CCOCC(C)Nc1ccc([N+](=O)[O-])c(C)c1. The molecule has 1 aromatic rings. The Hall–Kier alpha value is -1.62. The summed E-state index contributed by atoms with van der Waals surface area (Å²) in [6.45, 7) is 6.99. The van der Waals surface area contributed by atoms with Gasteiger partial charge in [-0.2, -0.15) is 0 Å². The molecule has 0 radical (unpaired) electrons. The highest BCUT2D eigenvalue weighted by Crippen LogP contribution is 2.21. The maximum Gasteiger partial charge on any atom is 0.272 e. The number of benzene rings is 1. The zero-order valence-corrected chi connectivity index (χ0v) is 10.4. The molecule has 0 bridgehead atoms. The maximum absolute atomic E-state index is 10.7. The molecule has 5 heteroatoms. The summed E-state index contributed by atoms with van der Waals surface area (Å²) in [5.74, 6) is 0. The predicted molar refractivity (Wildman–Crippen MR) is 67.4 cm³/mol. The molecule has 0 aromatic heterocycles. The van der Waals surface area contributed by atoms with Crippen LogP contribution in [0, 0.1) is 17.0 Å². The van der Waals surface area contributed by atoms with Gasteiger partial charge >= 0.3 is 0 Å². The van der Waals surface area contributed by atoms with Crippen molar-refractivity contribution in [2.75, 3.05) is 18.5 Å². The molecular formula is C12H18N2O3. The molecule has 94 valence electrons. The van der Waals surface area contributed by atoms with Gasteiger partial charge in [-0.25, -0.2) is 0 Å². The summed E-state index contributed by atoms with van der Waals surface area (Å²) in [4.78, 5) is 10.3. The average Bonchev–Trinajstić information content (AvgIpc) is 2.26. The lowest BCUT2D eigenvalue weighted by molar-refractivity contribution is -0.385. The molecule has 1 rings (SSSR count). The summed E-state index contributed by atoms with van der Waals surface area (Å²) in [7, 11) is 0. The quantitative estimate of drug-likeness (QED) is 0.611. The van der Waals surface area contributed by atoms with Crippen LogP contribution in [0.4, 0.5) is 11.4 Å². The number of hydrogen-bond donors (Lipinski definition) is 1. The highest BCUT2D eigenvalue weighted by atomic mass is 16.6. The summed E-state index contributed by atoms with van der Waals surface area (Å²) in [6, 6.07) is 5.19. The topological polar surface area (TPSA) is 64.4 Å². The van der Waals surface area contributed by atoms with Crippen molar-refractivity contribution in [3.05, 3.63) is 33.9 Å². The van der Waals surface area contributed by atoms with E-state index in [1.165, 1.54) is 6.07 Å². The van der Waals surface area contributed by atoms with Crippen LogP contribution in [-0.4, -0.2) is 24.2 Å². The van der Waals surface area contributed by atoms with Gasteiger partial charge in [0.25, 0.3) is 5.69 Å². The molecule has 0 saturated heterocycles. The van der Waals surface area contributed by atoms with E-state index in [4.69, 9.17) is 4.74 Å². The van der Waals surface area contributed by atoms with Crippen molar-refractivity contribution in [1.29, 1.82) is 0 Å². The first kappa shape index (κ1) is 13.4. The Labute approximate surface area is 101 Å². The summed E-state index contributed by atoms with van der Waals surface area (Å²) in [6.07, 6.45) is 0. The van der Waals surface area contributed by atoms with Crippen molar-refractivity contribution >= 4 is 11.4 Å². The molecule has 0 saturated carbocycles. The van der Waals surface area contributed by atoms with Crippen molar-refractivity contribution in [1.82, 2.24) is 0 Å². The van der Waals surface area contributed by atoms with Crippen LogP contribution in [-0.2, 0) is 4.74 Å². The molecule has 0 aliphatic carbocycles. The molecule has 0 aliphatic rings. The van der Waals surface area contributed by atoms with E-state index in [2.05, 4.69) is 5.32 Å². The van der Waals surface area contributed by atoms with Crippen molar-refractivity contribution < 1.29 is 9.66 Å². The summed E-state index contributed by atoms with van der Waals surface area (Å²) < 4.78 is 5.29. The van der Waals surface area contributed by atoms with Crippen molar-refractivity contribution in [2.45, 2.75) is 26.8 Å². The molecule has 0 amide bonds. The highest BCUT2D eigenvalue weighted by Gasteiger charge is 2.10. The Morgan fingerprint density at radius 2 is 2.24 bits per heavy atom. The fraction of sp³-hybridized carbons (Fsp3) is 0.500. The van der Waals surface area contributed by atoms with E-state index in [9.17, 15) is 10.1 Å². The summed E-state index contributed by atoms with van der Waals surface area (Å²) in [5.41, 5.74) is 1.68. The first-order valence-corrected chi connectivity index (χ1v) is 5.64. The van der Waals surface area contributed by atoms with Crippen LogP contribution in [0.5, 0.6) is 0 Å². The van der Waals surface area contributed by atoms with Crippen LogP contribution < -0.4 is 5.32 Å². The van der Waals surface area contributed by atoms with E-state index in [1.54, 1.807) is 19.1 Å². The van der Waals surface area contributed by atoms with Gasteiger partial charge in [0.1, 0.15) is 0 Å². The predicted octanol–water partition coefficient (Wildman–Crippen LogP) is 2.74. The molecule has 1 aromatic carbocycles. The smallest absolute Gasteiger partial charge is 0.272 e. The van der Waals surface area contributed by atoms with Gasteiger partial charge in [-0.15, -0.1) is 0 Å². The van der Waals surface area contributed by atoms with Gasteiger partial charge in [0, 0.05) is 30.0 Å². The number of anilines is 1. The van der Waals surface area contributed by atoms with E-state index in [1.807, 2.05) is 13.8 Å². The number of nitro groups is 1. The van der Waals surface area contributed by atoms with E-state index in [0.29, 0.717) is 18.8 Å². The van der Waals surface area contributed by atoms with Gasteiger partial charge in [0.15, 0.2) is 0 Å². The molecule has 0 aliphatic heterocycles. The van der Waals surface area contributed by atoms with E-state index < -0.39 is 0 Å². The highest BCUT2D eigenvalue weighted by molar-refractivity contribution is 5.53. The largest absolute Gasteiger partial charge is 0.380 e. The Bertz CT molecular complexity index is 393. The monoisotopic (exact) mass is 238 g/mol.